The van der Waals surface area contributed by atoms with Crippen LogP contribution in [0.15, 0.2) is 36.4 Å². The quantitative estimate of drug-likeness (QED) is 0.509. The molecule has 1 atom stereocenters. The molecule has 0 amide bonds. The summed E-state index contributed by atoms with van der Waals surface area (Å²) in [6.45, 7) is 0. The zero-order valence-corrected chi connectivity index (χ0v) is 10.9. The zero-order chi connectivity index (χ0) is 15.8. The SMILES string of the molecule is Fc1ccc(C(Cl)c2ccc(F)c(C(F)(F)F)c2)c(F)c1. The molecule has 0 fully saturated rings. The number of hydrogen-bond donors (Lipinski definition) is 0. The lowest BCUT2D eigenvalue weighted by molar-refractivity contribution is -0.140. The van der Waals surface area contributed by atoms with Gasteiger partial charge in [-0.1, -0.05) is 12.1 Å². The molecular weight excluding hydrogens is 318 g/mol. The van der Waals surface area contributed by atoms with Crippen LogP contribution in [0.25, 0.3) is 0 Å². The third-order valence-electron chi connectivity index (χ3n) is 2.82. The highest BCUT2D eigenvalue weighted by molar-refractivity contribution is 6.22. The van der Waals surface area contributed by atoms with Crippen LogP contribution in [0, 0.1) is 17.5 Å². The molecule has 0 spiro atoms. The predicted molar refractivity (Wildman–Crippen MR) is 65.5 cm³/mol. The van der Waals surface area contributed by atoms with E-state index in [1.54, 1.807) is 0 Å². The molecule has 0 bridgehead atoms. The van der Waals surface area contributed by atoms with Gasteiger partial charge in [0.1, 0.15) is 17.5 Å². The van der Waals surface area contributed by atoms with Crippen LogP contribution < -0.4 is 0 Å². The molecule has 112 valence electrons. The van der Waals surface area contributed by atoms with E-state index in [2.05, 4.69) is 0 Å². The summed E-state index contributed by atoms with van der Waals surface area (Å²) in [5, 5.41) is -1.30. The lowest BCUT2D eigenvalue weighted by Crippen LogP contribution is -2.09. The van der Waals surface area contributed by atoms with Gasteiger partial charge in [0.05, 0.1) is 10.9 Å². The maximum atomic E-state index is 13.6. The molecule has 21 heavy (non-hydrogen) atoms. The van der Waals surface area contributed by atoms with Gasteiger partial charge in [0.15, 0.2) is 0 Å². The van der Waals surface area contributed by atoms with E-state index >= 15 is 0 Å². The fourth-order valence-corrected chi connectivity index (χ4v) is 2.12. The van der Waals surface area contributed by atoms with Crippen LogP contribution >= 0.6 is 11.6 Å². The van der Waals surface area contributed by atoms with Crippen molar-refractivity contribution in [2.45, 2.75) is 11.6 Å². The van der Waals surface area contributed by atoms with Crippen molar-refractivity contribution >= 4 is 11.6 Å². The highest BCUT2D eigenvalue weighted by Gasteiger charge is 2.34. The van der Waals surface area contributed by atoms with Crippen LogP contribution in [0.2, 0.25) is 0 Å². The normalized spacial score (nSPS) is 13.3. The Balaban J connectivity index is 2.46. The second-order valence-corrected chi connectivity index (χ2v) is 4.70. The Kier molecular flexibility index (Phi) is 4.18. The minimum atomic E-state index is -4.89. The first kappa shape index (κ1) is 15.7. The van der Waals surface area contributed by atoms with Gasteiger partial charge in [-0.2, -0.15) is 13.2 Å². The summed E-state index contributed by atoms with van der Waals surface area (Å²) in [7, 11) is 0. The van der Waals surface area contributed by atoms with Gasteiger partial charge in [0, 0.05) is 11.6 Å². The fraction of sp³-hybridized carbons (Fsp3) is 0.143. The van der Waals surface area contributed by atoms with Crippen LogP contribution in [0.5, 0.6) is 0 Å². The van der Waals surface area contributed by atoms with E-state index in [1.807, 2.05) is 0 Å². The standard InChI is InChI=1S/C14H7ClF6/c15-13(9-3-2-8(16)6-12(9)18)7-1-4-11(17)10(5-7)14(19,20)21/h1-6,13H. The summed E-state index contributed by atoms with van der Waals surface area (Å²) in [6.07, 6.45) is -4.89. The van der Waals surface area contributed by atoms with Crippen LogP contribution in [-0.2, 0) is 6.18 Å². The Morgan fingerprint density at radius 3 is 2.10 bits per heavy atom. The molecule has 0 aliphatic heterocycles. The molecule has 1 unspecified atom stereocenters. The van der Waals surface area contributed by atoms with E-state index in [0.29, 0.717) is 18.2 Å². The first-order valence-corrected chi connectivity index (χ1v) is 6.09. The van der Waals surface area contributed by atoms with Crippen LogP contribution in [0.1, 0.15) is 22.1 Å². The summed E-state index contributed by atoms with van der Waals surface area (Å²) in [5.41, 5.74) is -1.83. The highest BCUT2D eigenvalue weighted by Crippen LogP contribution is 2.36. The van der Waals surface area contributed by atoms with Crippen molar-refractivity contribution in [1.29, 1.82) is 0 Å². The van der Waals surface area contributed by atoms with Crippen LogP contribution in [-0.4, -0.2) is 0 Å². The van der Waals surface area contributed by atoms with E-state index in [-0.39, 0.29) is 11.1 Å². The average molecular weight is 325 g/mol. The minimum absolute atomic E-state index is 0.143. The molecule has 0 aromatic heterocycles. The molecule has 0 aliphatic rings. The molecule has 2 rings (SSSR count). The van der Waals surface area contributed by atoms with Gasteiger partial charge in [0.25, 0.3) is 0 Å². The van der Waals surface area contributed by atoms with Crippen molar-refractivity contribution < 1.29 is 26.3 Å². The molecule has 0 N–H and O–H groups in total. The summed E-state index contributed by atoms with van der Waals surface area (Å²) < 4.78 is 77.4. The monoisotopic (exact) mass is 324 g/mol. The smallest absolute Gasteiger partial charge is 0.207 e. The van der Waals surface area contributed by atoms with E-state index in [4.69, 9.17) is 11.6 Å². The number of halogens is 7. The van der Waals surface area contributed by atoms with Gasteiger partial charge in [-0.05, 0) is 23.8 Å². The van der Waals surface area contributed by atoms with E-state index in [1.165, 1.54) is 0 Å². The third-order valence-corrected chi connectivity index (χ3v) is 3.31. The molecule has 2 aromatic carbocycles. The first-order chi connectivity index (χ1) is 9.70. The molecule has 0 saturated heterocycles. The molecule has 0 heterocycles. The van der Waals surface area contributed by atoms with Crippen LogP contribution in [0.4, 0.5) is 26.3 Å². The van der Waals surface area contributed by atoms with Crippen molar-refractivity contribution in [2.24, 2.45) is 0 Å². The van der Waals surface area contributed by atoms with Crippen molar-refractivity contribution in [3.05, 3.63) is 70.5 Å². The summed E-state index contributed by atoms with van der Waals surface area (Å²) >= 11 is 5.91. The van der Waals surface area contributed by atoms with Gasteiger partial charge < -0.3 is 0 Å². The largest absolute Gasteiger partial charge is 0.419 e. The first-order valence-electron chi connectivity index (χ1n) is 5.66. The van der Waals surface area contributed by atoms with Gasteiger partial charge in [-0.3, -0.25) is 0 Å². The maximum Gasteiger partial charge on any atom is 0.419 e. The van der Waals surface area contributed by atoms with Crippen molar-refractivity contribution in [3.8, 4) is 0 Å². The molecule has 0 saturated carbocycles. The Hall–Kier alpha value is -1.69. The second-order valence-electron chi connectivity index (χ2n) is 4.27. The summed E-state index contributed by atoms with van der Waals surface area (Å²) in [5.74, 6) is -3.28. The third kappa shape index (κ3) is 3.32. The zero-order valence-electron chi connectivity index (χ0n) is 10.2. The van der Waals surface area contributed by atoms with Crippen molar-refractivity contribution in [2.75, 3.05) is 0 Å². The van der Waals surface area contributed by atoms with E-state index in [9.17, 15) is 26.3 Å². The fourth-order valence-electron chi connectivity index (χ4n) is 1.80. The highest BCUT2D eigenvalue weighted by atomic mass is 35.5. The van der Waals surface area contributed by atoms with Gasteiger partial charge >= 0.3 is 6.18 Å². The van der Waals surface area contributed by atoms with Crippen molar-refractivity contribution in [3.63, 3.8) is 0 Å². The molecule has 0 aliphatic carbocycles. The molecule has 0 radical (unpaired) electrons. The Morgan fingerprint density at radius 1 is 0.857 bits per heavy atom. The van der Waals surface area contributed by atoms with Crippen molar-refractivity contribution in [1.82, 2.24) is 0 Å². The van der Waals surface area contributed by atoms with E-state index < -0.39 is 34.6 Å². The van der Waals surface area contributed by atoms with Gasteiger partial charge in [0.2, 0.25) is 0 Å². The lowest BCUT2D eigenvalue weighted by Gasteiger charge is -2.14. The molecule has 0 nitrogen and oxygen atoms in total. The summed E-state index contributed by atoms with van der Waals surface area (Å²) in [6, 6.07) is 4.66. The Bertz CT molecular complexity index is 665. The average Bonchev–Trinajstić information content (AvgIpc) is 2.37. The van der Waals surface area contributed by atoms with E-state index in [0.717, 1.165) is 18.2 Å². The maximum absolute atomic E-state index is 13.6. The Labute approximate surface area is 121 Å². The molecule has 2 aromatic rings. The topological polar surface area (TPSA) is 0 Å². The number of alkyl halides is 4. The van der Waals surface area contributed by atoms with Gasteiger partial charge in [-0.25, -0.2) is 13.2 Å². The second kappa shape index (κ2) is 5.60. The number of rotatable bonds is 2. The lowest BCUT2D eigenvalue weighted by atomic mass is 10.0. The molecular formula is C14H7ClF6. The number of hydrogen-bond acceptors (Lipinski definition) is 0. The summed E-state index contributed by atoms with van der Waals surface area (Å²) in [4.78, 5) is 0. The predicted octanol–water partition coefficient (Wildman–Crippen LogP) is 5.45. The van der Waals surface area contributed by atoms with Crippen LogP contribution in [0.3, 0.4) is 0 Å². The molecule has 7 heteroatoms. The Morgan fingerprint density at radius 2 is 1.52 bits per heavy atom. The number of benzene rings is 2. The minimum Gasteiger partial charge on any atom is -0.207 e. The van der Waals surface area contributed by atoms with Gasteiger partial charge in [-0.15, -0.1) is 11.6 Å².